The fourth-order valence-corrected chi connectivity index (χ4v) is 3.77. The van der Waals surface area contributed by atoms with Crippen molar-refractivity contribution in [2.24, 2.45) is 0 Å². The van der Waals surface area contributed by atoms with E-state index < -0.39 is 22.8 Å². The summed E-state index contributed by atoms with van der Waals surface area (Å²) in [4.78, 5) is 23.8. The fourth-order valence-electron chi connectivity index (χ4n) is 3.77. The highest BCUT2D eigenvalue weighted by Crippen LogP contribution is 2.46. The van der Waals surface area contributed by atoms with Gasteiger partial charge in [-0.15, -0.1) is 0 Å². The molecule has 0 atom stereocenters. The summed E-state index contributed by atoms with van der Waals surface area (Å²) in [5.41, 5.74) is 2.66. The zero-order valence-corrected chi connectivity index (χ0v) is 22.6. The van der Waals surface area contributed by atoms with Crippen LogP contribution in [0.25, 0.3) is 23.3 Å². The Morgan fingerprint density at radius 1 is 0.722 bits per heavy atom. The van der Waals surface area contributed by atoms with Gasteiger partial charge in [0.2, 0.25) is 0 Å². The third kappa shape index (κ3) is 7.23. The summed E-state index contributed by atoms with van der Waals surface area (Å²) < 4.78 is 9.98. The van der Waals surface area contributed by atoms with Crippen molar-refractivity contribution in [2.75, 3.05) is 13.2 Å². The Labute approximate surface area is 217 Å². The lowest BCUT2D eigenvalue weighted by atomic mass is 9.80. The number of carbonyl (C=O) groups is 2. The molecule has 0 aliphatic carbocycles. The minimum absolute atomic E-state index is 0. The molecule has 6 heteroatoms. The first-order chi connectivity index (χ1) is 16.7. The first-order valence-corrected chi connectivity index (χ1v) is 12.1. The first-order valence-electron chi connectivity index (χ1n) is 12.1. The normalized spacial score (nSPS) is 12.3. The zero-order valence-electron chi connectivity index (χ0n) is 22.6. The third-order valence-electron chi connectivity index (χ3n) is 5.57. The van der Waals surface area contributed by atoms with Crippen LogP contribution < -0.4 is 0 Å². The summed E-state index contributed by atoms with van der Waals surface area (Å²) >= 11 is 0. The van der Waals surface area contributed by atoms with Gasteiger partial charge < -0.3 is 19.7 Å². The van der Waals surface area contributed by atoms with Crippen molar-refractivity contribution in [1.29, 1.82) is 0 Å². The molecule has 0 unspecified atom stereocenters. The maximum atomic E-state index is 11.9. The van der Waals surface area contributed by atoms with Gasteiger partial charge in [-0.1, -0.05) is 41.5 Å². The van der Waals surface area contributed by atoms with Crippen molar-refractivity contribution < 1.29 is 32.1 Å². The summed E-state index contributed by atoms with van der Waals surface area (Å²) in [7, 11) is 0. The Kier molecular flexibility index (Phi) is 9.14. The van der Waals surface area contributed by atoms with E-state index in [1.54, 1.807) is 38.1 Å². The van der Waals surface area contributed by atoms with Gasteiger partial charge in [-0.25, -0.2) is 9.59 Å². The van der Waals surface area contributed by atoms with E-state index in [0.29, 0.717) is 33.4 Å². The second kappa shape index (κ2) is 11.5. The summed E-state index contributed by atoms with van der Waals surface area (Å²) in [6, 6.07) is 7.09. The van der Waals surface area contributed by atoms with Gasteiger partial charge in [0.25, 0.3) is 0 Å². The molecule has 0 bridgehead atoms. The van der Waals surface area contributed by atoms with E-state index in [-0.39, 0.29) is 27.6 Å². The number of aromatic hydroxyl groups is 2. The number of hydrogen-bond acceptors (Lipinski definition) is 6. The van der Waals surface area contributed by atoms with Gasteiger partial charge in [0, 0.05) is 37.3 Å². The number of phenols is 2. The highest BCUT2D eigenvalue weighted by atomic mass is 16.5. The summed E-state index contributed by atoms with van der Waals surface area (Å²) in [5.74, 6) is -0.850. The number of carbonyl (C=O) groups excluding carboxylic acids is 2. The lowest BCUT2D eigenvalue weighted by molar-refractivity contribution is -0.138. The summed E-state index contributed by atoms with van der Waals surface area (Å²) in [6.07, 6.45) is 5.93. The van der Waals surface area contributed by atoms with Crippen molar-refractivity contribution >= 4 is 24.1 Å². The number of rotatable bonds is 7. The van der Waals surface area contributed by atoms with Crippen LogP contribution in [0.3, 0.4) is 0 Å². The van der Waals surface area contributed by atoms with Crippen molar-refractivity contribution in [2.45, 2.75) is 66.2 Å². The predicted molar refractivity (Wildman–Crippen MR) is 148 cm³/mol. The average Bonchev–Trinajstić information content (AvgIpc) is 2.76. The van der Waals surface area contributed by atoms with Crippen molar-refractivity contribution in [3.63, 3.8) is 0 Å². The topological polar surface area (TPSA) is 93.1 Å². The molecule has 0 aromatic heterocycles. The number of hydrogen-bond donors (Lipinski definition) is 2. The Balaban J connectivity index is 0.00000684. The molecule has 6 nitrogen and oxygen atoms in total. The molecule has 0 saturated heterocycles. The average molecular weight is 499 g/mol. The Bertz CT molecular complexity index is 1090. The third-order valence-corrected chi connectivity index (χ3v) is 5.57. The molecule has 0 heterocycles. The van der Waals surface area contributed by atoms with Crippen LogP contribution in [0.5, 0.6) is 11.5 Å². The fraction of sp³-hybridized carbons (Fsp3) is 0.400. The van der Waals surface area contributed by atoms with E-state index in [2.05, 4.69) is 0 Å². The van der Waals surface area contributed by atoms with Crippen LogP contribution >= 0.6 is 0 Å². The minimum Gasteiger partial charge on any atom is -0.507 e. The van der Waals surface area contributed by atoms with E-state index in [1.165, 1.54) is 12.2 Å². The van der Waals surface area contributed by atoms with Crippen LogP contribution in [0.1, 0.15) is 80.5 Å². The maximum absolute atomic E-state index is 11.9. The summed E-state index contributed by atoms with van der Waals surface area (Å²) in [5, 5.41) is 22.7. The molecule has 0 aliphatic heterocycles. The van der Waals surface area contributed by atoms with Gasteiger partial charge in [0.05, 0.1) is 13.2 Å². The van der Waals surface area contributed by atoms with Gasteiger partial charge in [-0.2, -0.15) is 0 Å². The van der Waals surface area contributed by atoms with Crippen LogP contribution in [0.4, 0.5) is 0 Å². The minimum atomic E-state index is -0.464. The Morgan fingerprint density at radius 3 is 1.33 bits per heavy atom. The molecule has 0 spiro atoms. The predicted octanol–water partition coefficient (Wildman–Crippen LogP) is 7.00. The SMILES string of the molecule is CCOC(=O)/C=C/c1cc(-c2cc(/C=C/C(=O)OCC)cc(C(C)(C)C)c2O)c(O)c(C(C)(C)C)c1.[HH].[HH]. The molecule has 2 N–H and O–H groups in total. The van der Waals surface area contributed by atoms with Gasteiger partial charge in [-0.3, -0.25) is 0 Å². The van der Waals surface area contributed by atoms with Crippen LogP contribution in [-0.4, -0.2) is 35.4 Å². The van der Waals surface area contributed by atoms with Crippen LogP contribution in [0.2, 0.25) is 0 Å². The molecule has 36 heavy (non-hydrogen) atoms. The van der Waals surface area contributed by atoms with Gasteiger partial charge in [0.15, 0.2) is 0 Å². The van der Waals surface area contributed by atoms with Crippen LogP contribution in [0.15, 0.2) is 36.4 Å². The highest BCUT2D eigenvalue weighted by molar-refractivity contribution is 5.90. The van der Waals surface area contributed by atoms with Crippen LogP contribution in [0, 0.1) is 0 Å². The van der Waals surface area contributed by atoms with Crippen molar-refractivity contribution in [3.8, 4) is 22.6 Å². The summed E-state index contributed by atoms with van der Waals surface area (Å²) in [6.45, 7) is 15.9. The lowest BCUT2D eigenvalue weighted by Gasteiger charge is -2.26. The van der Waals surface area contributed by atoms with E-state index in [0.717, 1.165) is 0 Å². The molecule has 2 aromatic carbocycles. The molecule has 2 aromatic rings. The molecule has 198 valence electrons. The molecule has 0 aliphatic rings. The smallest absolute Gasteiger partial charge is 0.330 e. The van der Waals surface area contributed by atoms with Crippen molar-refractivity contribution in [3.05, 3.63) is 58.7 Å². The van der Waals surface area contributed by atoms with Crippen molar-refractivity contribution in [1.82, 2.24) is 0 Å². The quantitative estimate of drug-likeness (QED) is 0.315. The second-order valence-corrected chi connectivity index (χ2v) is 10.6. The van der Waals surface area contributed by atoms with Crippen LogP contribution in [-0.2, 0) is 29.9 Å². The monoisotopic (exact) mass is 498 g/mol. The number of esters is 2. The van der Waals surface area contributed by atoms with E-state index in [1.807, 2.05) is 53.7 Å². The van der Waals surface area contributed by atoms with E-state index in [9.17, 15) is 19.8 Å². The second-order valence-electron chi connectivity index (χ2n) is 10.6. The van der Waals surface area contributed by atoms with E-state index >= 15 is 0 Å². The number of phenolic OH excluding ortho intramolecular Hbond substituents is 2. The van der Waals surface area contributed by atoms with E-state index in [4.69, 9.17) is 9.47 Å². The van der Waals surface area contributed by atoms with Gasteiger partial charge in [-0.05, 0) is 72.2 Å². The molecular weight excluding hydrogens is 456 g/mol. The maximum Gasteiger partial charge on any atom is 0.330 e. The first kappa shape index (κ1) is 28.7. The Hall–Kier alpha value is -3.54. The molecule has 2 rings (SSSR count). The Morgan fingerprint density at radius 2 is 1.06 bits per heavy atom. The molecular formula is C30H42O6. The zero-order chi connectivity index (χ0) is 27.3. The largest absolute Gasteiger partial charge is 0.507 e. The lowest BCUT2D eigenvalue weighted by Crippen LogP contribution is -2.13. The van der Waals surface area contributed by atoms with Gasteiger partial charge >= 0.3 is 11.9 Å². The molecule has 0 saturated carbocycles. The van der Waals surface area contributed by atoms with Gasteiger partial charge in [0.1, 0.15) is 11.5 Å². The standard InChI is InChI=1S/C30H38O6.2H2/c1-9-35-25(31)13-11-19-15-21(27(33)23(17-19)29(3,4)5)22-16-20(12-14-26(32)36-10-2)18-24(28(22)34)30(6,7)8;;/h11-18,33-34H,9-10H2,1-8H3;2*1H/b13-11+,14-12+;;. The highest BCUT2D eigenvalue weighted by Gasteiger charge is 2.26. The molecule has 0 fully saturated rings. The molecule has 0 radical (unpaired) electrons. The number of benzene rings is 2. The molecule has 0 amide bonds. The number of ether oxygens (including phenoxy) is 2.